The van der Waals surface area contributed by atoms with Crippen molar-refractivity contribution in [3.05, 3.63) is 30.1 Å². The van der Waals surface area contributed by atoms with E-state index in [-0.39, 0.29) is 36.7 Å². The molecule has 0 bridgehead atoms. The minimum Gasteiger partial charge on any atom is -0.494 e. The maximum absolute atomic E-state index is 12.7. The van der Waals surface area contributed by atoms with Gasteiger partial charge in [0.2, 0.25) is 5.91 Å². The van der Waals surface area contributed by atoms with E-state index in [2.05, 4.69) is 5.32 Å². The second kappa shape index (κ2) is 11.3. The van der Waals surface area contributed by atoms with Gasteiger partial charge in [-0.3, -0.25) is 4.79 Å². The van der Waals surface area contributed by atoms with E-state index in [0.717, 1.165) is 0 Å². The first kappa shape index (κ1) is 19.6. The van der Waals surface area contributed by atoms with Crippen molar-refractivity contribution in [2.45, 2.75) is 18.9 Å². The van der Waals surface area contributed by atoms with Crippen LogP contribution in [0, 0.1) is 5.82 Å². The number of hydrogen-bond acceptors (Lipinski definition) is 4. The smallest absolute Gasteiger partial charge is 0.222 e. The number of nitrogens with two attached hydrogens (primary N) is 1. The van der Waals surface area contributed by atoms with Gasteiger partial charge in [-0.25, -0.2) is 4.39 Å². The van der Waals surface area contributed by atoms with Crippen molar-refractivity contribution < 1.29 is 18.7 Å². The summed E-state index contributed by atoms with van der Waals surface area (Å²) < 4.78 is 23.1. The molecule has 0 aliphatic heterocycles. The van der Waals surface area contributed by atoms with Crippen molar-refractivity contribution >= 4 is 18.3 Å². The van der Waals surface area contributed by atoms with E-state index in [4.69, 9.17) is 15.2 Å². The van der Waals surface area contributed by atoms with Gasteiger partial charge in [0.15, 0.2) is 0 Å². The highest BCUT2D eigenvalue weighted by atomic mass is 35.5. The molecule has 1 rings (SSSR count). The Morgan fingerprint density at radius 3 is 2.62 bits per heavy atom. The van der Waals surface area contributed by atoms with E-state index in [1.54, 1.807) is 12.1 Å². The Balaban J connectivity index is 0.00000400. The van der Waals surface area contributed by atoms with Gasteiger partial charge in [-0.15, -0.1) is 12.4 Å². The molecule has 0 fully saturated rings. The highest BCUT2D eigenvalue weighted by Gasteiger charge is 2.10. The quantitative estimate of drug-likeness (QED) is 0.676. The summed E-state index contributed by atoms with van der Waals surface area (Å²) in [4.78, 5) is 11.5. The van der Waals surface area contributed by atoms with Gasteiger partial charge in [-0.1, -0.05) is 0 Å². The maximum Gasteiger partial charge on any atom is 0.222 e. The second-order valence-electron chi connectivity index (χ2n) is 4.30. The van der Waals surface area contributed by atoms with Gasteiger partial charge in [0, 0.05) is 20.2 Å². The first-order valence-electron chi connectivity index (χ1n) is 6.53. The predicted molar refractivity (Wildman–Crippen MR) is 81.2 cm³/mol. The third kappa shape index (κ3) is 8.49. The van der Waals surface area contributed by atoms with E-state index in [1.165, 1.54) is 19.2 Å². The summed E-state index contributed by atoms with van der Waals surface area (Å²) in [5, 5.41) is 2.76. The van der Waals surface area contributed by atoms with E-state index in [0.29, 0.717) is 31.9 Å². The van der Waals surface area contributed by atoms with Crippen LogP contribution in [0.5, 0.6) is 5.75 Å². The summed E-state index contributed by atoms with van der Waals surface area (Å²) in [7, 11) is 1.53. The van der Waals surface area contributed by atoms with Crippen LogP contribution in [0.15, 0.2) is 24.3 Å². The summed E-state index contributed by atoms with van der Waals surface area (Å²) in [5.74, 6) is 0.224. The molecule has 0 heterocycles. The Hall–Kier alpha value is -1.37. The van der Waals surface area contributed by atoms with Crippen LogP contribution in [-0.4, -0.2) is 38.8 Å². The highest BCUT2D eigenvalue weighted by molar-refractivity contribution is 5.85. The SMILES string of the molecule is COC(CN)CC(=O)NCCCOc1ccc(F)cc1.Cl. The average molecular weight is 321 g/mol. The molecule has 1 aromatic carbocycles. The fourth-order valence-electron chi connectivity index (χ4n) is 1.56. The van der Waals surface area contributed by atoms with Crippen molar-refractivity contribution in [2.24, 2.45) is 5.73 Å². The molecule has 0 aliphatic rings. The van der Waals surface area contributed by atoms with Crippen LogP contribution in [0.2, 0.25) is 0 Å². The maximum atomic E-state index is 12.7. The molecule has 0 aliphatic carbocycles. The molecule has 1 unspecified atom stereocenters. The standard InChI is InChI=1S/C14H21FN2O3.ClH/c1-19-13(10-16)9-14(18)17-7-2-8-20-12-5-3-11(15)4-6-12;/h3-6,13H,2,7-10,16H2,1H3,(H,17,18);1H. The number of ether oxygens (including phenoxy) is 2. The van der Waals surface area contributed by atoms with E-state index < -0.39 is 0 Å². The zero-order chi connectivity index (χ0) is 14.8. The summed E-state index contributed by atoms with van der Waals surface area (Å²) in [6, 6.07) is 5.82. The third-order valence-electron chi connectivity index (χ3n) is 2.73. The molecule has 0 spiro atoms. The van der Waals surface area contributed by atoms with Crippen LogP contribution in [-0.2, 0) is 9.53 Å². The fourth-order valence-corrected chi connectivity index (χ4v) is 1.56. The normalized spacial score (nSPS) is 11.4. The van der Waals surface area contributed by atoms with Crippen LogP contribution in [0.25, 0.3) is 0 Å². The largest absolute Gasteiger partial charge is 0.494 e. The Labute approximate surface area is 130 Å². The molecule has 0 radical (unpaired) electrons. The summed E-state index contributed by atoms with van der Waals surface area (Å²) >= 11 is 0. The molecule has 120 valence electrons. The Morgan fingerprint density at radius 1 is 1.38 bits per heavy atom. The third-order valence-corrected chi connectivity index (χ3v) is 2.73. The number of hydrogen-bond donors (Lipinski definition) is 2. The minimum atomic E-state index is -0.294. The van der Waals surface area contributed by atoms with Gasteiger partial charge < -0.3 is 20.5 Å². The van der Waals surface area contributed by atoms with Gasteiger partial charge >= 0.3 is 0 Å². The Bertz CT molecular complexity index is 400. The zero-order valence-corrected chi connectivity index (χ0v) is 12.8. The number of methoxy groups -OCH3 is 1. The number of carbonyl (C=O) groups excluding carboxylic acids is 1. The number of rotatable bonds is 9. The molecule has 1 aromatic rings. The van der Waals surface area contributed by atoms with Crippen molar-refractivity contribution in [3.63, 3.8) is 0 Å². The Kier molecular flexibility index (Phi) is 10.6. The summed E-state index contributed by atoms with van der Waals surface area (Å²) in [6.45, 7) is 1.29. The zero-order valence-electron chi connectivity index (χ0n) is 12.0. The molecule has 5 nitrogen and oxygen atoms in total. The monoisotopic (exact) mass is 320 g/mol. The number of benzene rings is 1. The van der Waals surface area contributed by atoms with Gasteiger partial charge in [-0.2, -0.15) is 0 Å². The predicted octanol–water partition coefficient (Wildman–Crippen LogP) is 1.50. The molecular weight excluding hydrogens is 299 g/mol. The number of nitrogens with one attached hydrogen (secondary N) is 1. The van der Waals surface area contributed by atoms with E-state index in [9.17, 15) is 9.18 Å². The summed E-state index contributed by atoms with van der Waals surface area (Å²) in [5.41, 5.74) is 5.43. The average Bonchev–Trinajstić information content (AvgIpc) is 2.46. The molecule has 21 heavy (non-hydrogen) atoms. The molecule has 0 aromatic heterocycles. The lowest BCUT2D eigenvalue weighted by molar-refractivity contribution is -0.123. The van der Waals surface area contributed by atoms with Gasteiger partial charge in [-0.05, 0) is 30.7 Å². The first-order chi connectivity index (χ1) is 9.65. The van der Waals surface area contributed by atoms with Crippen LogP contribution in [0.1, 0.15) is 12.8 Å². The number of carbonyl (C=O) groups is 1. The van der Waals surface area contributed by atoms with E-state index >= 15 is 0 Å². The second-order valence-corrected chi connectivity index (χ2v) is 4.30. The van der Waals surface area contributed by atoms with Crippen LogP contribution >= 0.6 is 12.4 Å². The van der Waals surface area contributed by atoms with Crippen molar-refractivity contribution in [1.29, 1.82) is 0 Å². The van der Waals surface area contributed by atoms with Crippen LogP contribution in [0.3, 0.4) is 0 Å². The van der Waals surface area contributed by atoms with Crippen molar-refractivity contribution in [2.75, 3.05) is 26.8 Å². The lowest BCUT2D eigenvalue weighted by atomic mass is 10.2. The highest BCUT2D eigenvalue weighted by Crippen LogP contribution is 2.10. The fraction of sp³-hybridized carbons (Fsp3) is 0.500. The van der Waals surface area contributed by atoms with Crippen LogP contribution in [0.4, 0.5) is 4.39 Å². The summed E-state index contributed by atoms with van der Waals surface area (Å²) in [6.07, 6.45) is 0.681. The molecule has 1 atom stereocenters. The molecule has 0 saturated heterocycles. The lowest BCUT2D eigenvalue weighted by Gasteiger charge is -2.12. The number of amides is 1. The molecular formula is C14H22ClFN2O3. The molecule has 3 N–H and O–H groups in total. The topological polar surface area (TPSA) is 73.6 Å². The lowest BCUT2D eigenvalue weighted by Crippen LogP contribution is -2.33. The minimum absolute atomic E-state index is 0. The number of halogens is 2. The first-order valence-corrected chi connectivity index (χ1v) is 6.53. The van der Waals surface area contributed by atoms with Gasteiger partial charge in [0.05, 0.1) is 19.1 Å². The van der Waals surface area contributed by atoms with Gasteiger partial charge in [0.1, 0.15) is 11.6 Å². The van der Waals surface area contributed by atoms with Crippen molar-refractivity contribution in [3.8, 4) is 5.75 Å². The van der Waals surface area contributed by atoms with Crippen molar-refractivity contribution in [1.82, 2.24) is 5.32 Å². The Morgan fingerprint density at radius 2 is 2.05 bits per heavy atom. The van der Waals surface area contributed by atoms with E-state index in [1.807, 2.05) is 0 Å². The molecule has 7 heteroatoms. The van der Waals surface area contributed by atoms with Gasteiger partial charge in [0.25, 0.3) is 0 Å². The molecule has 0 saturated carbocycles. The molecule has 1 amide bonds. The van der Waals surface area contributed by atoms with Crippen LogP contribution < -0.4 is 15.8 Å².